The topological polar surface area (TPSA) is 12.0 Å². The van der Waals surface area contributed by atoms with Gasteiger partial charge in [0.1, 0.15) is 0 Å². The molecule has 1 fully saturated rings. The van der Waals surface area contributed by atoms with Crippen molar-refractivity contribution in [2.24, 2.45) is 5.92 Å². The highest BCUT2D eigenvalue weighted by Gasteiger charge is 2.18. The normalized spacial score (nSPS) is 19.1. The summed E-state index contributed by atoms with van der Waals surface area (Å²) in [6.45, 7) is 5.60. The first-order chi connectivity index (χ1) is 9.29. The van der Waals surface area contributed by atoms with E-state index < -0.39 is 0 Å². The minimum atomic E-state index is 0.656. The van der Waals surface area contributed by atoms with Crippen LogP contribution in [0.1, 0.15) is 63.5 Å². The Morgan fingerprint density at radius 1 is 1.00 bits per heavy atom. The van der Waals surface area contributed by atoms with Crippen molar-refractivity contribution in [1.82, 2.24) is 5.32 Å². The highest BCUT2D eigenvalue weighted by atomic mass is 14.9. The number of hydrogen-bond acceptors (Lipinski definition) is 1. The van der Waals surface area contributed by atoms with Gasteiger partial charge in [0.05, 0.1) is 0 Å². The minimum absolute atomic E-state index is 0.656. The van der Waals surface area contributed by atoms with Gasteiger partial charge in [0.15, 0.2) is 0 Å². The number of nitrogens with one attached hydrogen (secondary N) is 1. The van der Waals surface area contributed by atoms with E-state index in [0.29, 0.717) is 6.04 Å². The van der Waals surface area contributed by atoms with Crippen LogP contribution in [-0.4, -0.2) is 6.04 Å². The molecule has 0 aliphatic heterocycles. The van der Waals surface area contributed by atoms with E-state index in [9.17, 15) is 0 Å². The predicted octanol–water partition coefficient (Wildman–Crippen LogP) is 4.70. The van der Waals surface area contributed by atoms with Crippen molar-refractivity contribution < 1.29 is 0 Å². The van der Waals surface area contributed by atoms with E-state index >= 15 is 0 Å². The third kappa shape index (κ3) is 4.65. The first-order valence-electron chi connectivity index (χ1n) is 8.10. The Morgan fingerprint density at radius 3 is 2.16 bits per heavy atom. The van der Waals surface area contributed by atoms with Crippen LogP contribution in [0.5, 0.6) is 0 Å². The highest BCUT2D eigenvalue weighted by molar-refractivity contribution is 5.22. The molecule has 19 heavy (non-hydrogen) atoms. The van der Waals surface area contributed by atoms with Gasteiger partial charge in [-0.05, 0) is 43.2 Å². The average Bonchev–Trinajstić information content (AvgIpc) is 2.74. The lowest BCUT2D eigenvalue weighted by atomic mass is 9.93. The molecule has 0 heterocycles. The van der Waals surface area contributed by atoms with Crippen LogP contribution in [0.15, 0.2) is 24.3 Å². The molecule has 1 aromatic carbocycles. The second-order valence-electron chi connectivity index (χ2n) is 6.09. The van der Waals surface area contributed by atoms with Crippen molar-refractivity contribution in [3.05, 3.63) is 35.4 Å². The Balaban J connectivity index is 1.79. The monoisotopic (exact) mass is 259 g/mol. The third-order valence-corrected chi connectivity index (χ3v) is 4.67. The molecule has 1 saturated carbocycles. The zero-order valence-corrected chi connectivity index (χ0v) is 12.6. The standard InChI is InChI=1S/C18H29N/c1-3-16-10-12-17(13-11-16)14-19-15(2)18-8-6-4-5-7-9-18/h10-13,15,18-19H,3-9,14H2,1-2H3/t15-/m1/s1. The molecular weight excluding hydrogens is 230 g/mol. The van der Waals surface area contributed by atoms with Gasteiger partial charge in [-0.2, -0.15) is 0 Å². The minimum Gasteiger partial charge on any atom is -0.310 e. The van der Waals surface area contributed by atoms with Crippen molar-refractivity contribution in [3.8, 4) is 0 Å². The van der Waals surface area contributed by atoms with E-state index in [0.717, 1.165) is 18.9 Å². The predicted molar refractivity (Wildman–Crippen MR) is 83.3 cm³/mol. The highest BCUT2D eigenvalue weighted by Crippen LogP contribution is 2.25. The van der Waals surface area contributed by atoms with Gasteiger partial charge in [0.25, 0.3) is 0 Å². The molecule has 0 radical (unpaired) electrons. The summed E-state index contributed by atoms with van der Waals surface area (Å²) in [6.07, 6.45) is 9.73. The molecule has 1 N–H and O–H groups in total. The molecule has 0 unspecified atom stereocenters. The fourth-order valence-electron chi connectivity index (χ4n) is 3.15. The molecule has 0 amide bonds. The number of rotatable bonds is 5. The van der Waals surface area contributed by atoms with Crippen molar-refractivity contribution in [1.29, 1.82) is 0 Å². The fourth-order valence-corrected chi connectivity index (χ4v) is 3.15. The molecule has 1 aliphatic carbocycles. The van der Waals surface area contributed by atoms with Gasteiger partial charge in [-0.1, -0.05) is 56.9 Å². The lowest BCUT2D eigenvalue weighted by molar-refractivity contribution is 0.336. The van der Waals surface area contributed by atoms with E-state index in [2.05, 4.69) is 43.4 Å². The van der Waals surface area contributed by atoms with E-state index in [4.69, 9.17) is 0 Å². The lowest BCUT2D eigenvalue weighted by Gasteiger charge is -2.23. The molecule has 1 aromatic rings. The van der Waals surface area contributed by atoms with E-state index in [1.807, 2.05) is 0 Å². The summed E-state index contributed by atoms with van der Waals surface area (Å²) in [6, 6.07) is 9.71. The maximum absolute atomic E-state index is 3.73. The molecule has 1 heteroatoms. The van der Waals surface area contributed by atoms with Crippen molar-refractivity contribution in [2.75, 3.05) is 0 Å². The molecule has 106 valence electrons. The Morgan fingerprint density at radius 2 is 1.58 bits per heavy atom. The lowest BCUT2D eigenvalue weighted by Crippen LogP contribution is -2.32. The van der Waals surface area contributed by atoms with E-state index in [-0.39, 0.29) is 0 Å². The Kier molecular flexibility index (Phi) is 5.91. The summed E-state index contributed by atoms with van der Waals surface area (Å²) < 4.78 is 0. The molecular formula is C18H29N. The quantitative estimate of drug-likeness (QED) is 0.756. The summed E-state index contributed by atoms with van der Waals surface area (Å²) in [4.78, 5) is 0. The second-order valence-corrected chi connectivity index (χ2v) is 6.09. The van der Waals surface area contributed by atoms with Gasteiger partial charge in [-0.25, -0.2) is 0 Å². The molecule has 0 bridgehead atoms. The molecule has 1 nitrogen and oxygen atoms in total. The Labute approximate surface area is 118 Å². The number of benzene rings is 1. The Bertz CT molecular complexity index is 346. The van der Waals surface area contributed by atoms with Crippen molar-refractivity contribution >= 4 is 0 Å². The van der Waals surface area contributed by atoms with Gasteiger partial charge >= 0.3 is 0 Å². The second kappa shape index (κ2) is 7.69. The van der Waals surface area contributed by atoms with Crippen LogP contribution in [-0.2, 0) is 13.0 Å². The van der Waals surface area contributed by atoms with Crippen LogP contribution in [0.25, 0.3) is 0 Å². The Hall–Kier alpha value is -0.820. The average molecular weight is 259 g/mol. The fraction of sp³-hybridized carbons (Fsp3) is 0.667. The van der Waals surface area contributed by atoms with Crippen LogP contribution in [0.4, 0.5) is 0 Å². The van der Waals surface area contributed by atoms with E-state index in [1.54, 1.807) is 0 Å². The van der Waals surface area contributed by atoms with Crippen LogP contribution >= 0.6 is 0 Å². The van der Waals surface area contributed by atoms with Gasteiger partial charge in [0.2, 0.25) is 0 Å². The van der Waals surface area contributed by atoms with E-state index in [1.165, 1.54) is 49.7 Å². The maximum Gasteiger partial charge on any atom is 0.0208 e. The summed E-state index contributed by atoms with van der Waals surface area (Å²) >= 11 is 0. The van der Waals surface area contributed by atoms with Gasteiger partial charge < -0.3 is 5.32 Å². The van der Waals surface area contributed by atoms with Crippen LogP contribution < -0.4 is 5.32 Å². The number of aryl methyl sites for hydroxylation is 1. The first-order valence-corrected chi connectivity index (χ1v) is 8.10. The SMILES string of the molecule is CCc1ccc(CN[C@H](C)C2CCCCCC2)cc1. The molecule has 1 aliphatic rings. The molecule has 0 saturated heterocycles. The molecule has 0 spiro atoms. The van der Waals surface area contributed by atoms with Crippen molar-refractivity contribution in [2.45, 2.75) is 71.4 Å². The zero-order chi connectivity index (χ0) is 13.5. The molecule has 1 atom stereocenters. The largest absolute Gasteiger partial charge is 0.310 e. The number of hydrogen-bond donors (Lipinski definition) is 1. The first kappa shape index (κ1) is 14.6. The van der Waals surface area contributed by atoms with Crippen molar-refractivity contribution in [3.63, 3.8) is 0 Å². The summed E-state index contributed by atoms with van der Waals surface area (Å²) in [5.41, 5.74) is 2.85. The van der Waals surface area contributed by atoms with Crippen LogP contribution in [0, 0.1) is 5.92 Å². The smallest absolute Gasteiger partial charge is 0.0208 e. The van der Waals surface area contributed by atoms with Gasteiger partial charge in [-0.3, -0.25) is 0 Å². The van der Waals surface area contributed by atoms with Crippen LogP contribution in [0.3, 0.4) is 0 Å². The molecule has 2 rings (SSSR count). The van der Waals surface area contributed by atoms with Crippen LogP contribution in [0.2, 0.25) is 0 Å². The van der Waals surface area contributed by atoms with Gasteiger partial charge in [-0.15, -0.1) is 0 Å². The third-order valence-electron chi connectivity index (χ3n) is 4.67. The summed E-state index contributed by atoms with van der Waals surface area (Å²) in [5.74, 6) is 0.886. The van der Waals surface area contributed by atoms with Gasteiger partial charge in [0, 0.05) is 12.6 Å². The molecule has 0 aromatic heterocycles. The maximum atomic E-state index is 3.73. The summed E-state index contributed by atoms with van der Waals surface area (Å²) in [7, 11) is 0. The summed E-state index contributed by atoms with van der Waals surface area (Å²) in [5, 5.41) is 3.73. The zero-order valence-electron chi connectivity index (χ0n) is 12.6.